The zero-order chi connectivity index (χ0) is 16.0. The summed E-state index contributed by atoms with van der Waals surface area (Å²) < 4.78 is 13.3. The SMILES string of the molecule is N#Cc1c(F)cccc1NC(=O)NC(CC(=O)O)C(=O)O. The maximum atomic E-state index is 13.3. The van der Waals surface area contributed by atoms with Crippen LogP contribution < -0.4 is 10.6 Å². The van der Waals surface area contributed by atoms with Crippen LogP contribution in [-0.2, 0) is 9.59 Å². The van der Waals surface area contributed by atoms with Gasteiger partial charge >= 0.3 is 18.0 Å². The molecule has 1 unspecified atom stereocenters. The van der Waals surface area contributed by atoms with Crippen molar-refractivity contribution < 1.29 is 29.0 Å². The smallest absolute Gasteiger partial charge is 0.326 e. The van der Waals surface area contributed by atoms with Gasteiger partial charge in [0, 0.05) is 0 Å². The molecule has 2 amide bonds. The fourth-order valence-corrected chi connectivity index (χ4v) is 1.43. The second kappa shape index (κ2) is 6.85. The quantitative estimate of drug-likeness (QED) is 0.632. The highest BCUT2D eigenvalue weighted by molar-refractivity contribution is 5.94. The molecule has 1 aromatic rings. The Balaban J connectivity index is 2.82. The summed E-state index contributed by atoms with van der Waals surface area (Å²) in [6, 6.07) is 2.35. The van der Waals surface area contributed by atoms with Gasteiger partial charge in [0.1, 0.15) is 23.5 Å². The zero-order valence-corrected chi connectivity index (χ0v) is 10.5. The van der Waals surface area contributed by atoms with E-state index < -0.39 is 41.8 Å². The Morgan fingerprint density at radius 1 is 1.33 bits per heavy atom. The molecule has 0 bridgehead atoms. The van der Waals surface area contributed by atoms with E-state index in [1.807, 2.05) is 5.32 Å². The normalized spacial score (nSPS) is 11.0. The van der Waals surface area contributed by atoms with Crippen molar-refractivity contribution in [3.63, 3.8) is 0 Å². The third kappa shape index (κ3) is 4.46. The first-order valence-corrected chi connectivity index (χ1v) is 5.56. The van der Waals surface area contributed by atoms with Crippen molar-refractivity contribution in [1.82, 2.24) is 5.32 Å². The molecule has 21 heavy (non-hydrogen) atoms. The van der Waals surface area contributed by atoms with Crippen LogP contribution >= 0.6 is 0 Å². The lowest BCUT2D eigenvalue weighted by molar-refractivity contribution is -0.145. The average molecular weight is 295 g/mol. The first-order chi connectivity index (χ1) is 9.85. The number of benzene rings is 1. The maximum absolute atomic E-state index is 13.3. The summed E-state index contributed by atoms with van der Waals surface area (Å²) in [5.74, 6) is -3.80. The summed E-state index contributed by atoms with van der Waals surface area (Å²) in [6.45, 7) is 0. The van der Waals surface area contributed by atoms with Crippen LogP contribution in [0.1, 0.15) is 12.0 Å². The number of urea groups is 1. The predicted octanol–water partition coefficient (Wildman–Crippen LogP) is 0.747. The van der Waals surface area contributed by atoms with E-state index >= 15 is 0 Å². The molecule has 0 heterocycles. The van der Waals surface area contributed by atoms with Crippen LogP contribution in [-0.4, -0.2) is 34.2 Å². The second-order valence-corrected chi connectivity index (χ2v) is 3.86. The number of carbonyl (C=O) groups excluding carboxylic acids is 1. The predicted molar refractivity (Wildman–Crippen MR) is 66.9 cm³/mol. The number of halogens is 1. The van der Waals surface area contributed by atoms with Crippen molar-refractivity contribution in [3.8, 4) is 6.07 Å². The molecule has 0 saturated heterocycles. The Kier molecular flexibility index (Phi) is 5.19. The highest BCUT2D eigenvalue weighted by Gasteiger charge is 2.23. The van der Waals surface area contributed by atoms with E-state index in [4.69, 9.17) is 15.5 Å². The minimum atomic E-state index is -1.65. The van der Waals surface area contributed by atoms with Crippen molar-refractivity contribution >= 4 is 23.7 Å². The van der Waals surface area contributed by atoms with Gasteiger partial charge in [0.05, 0.1) is 12.1 Å². The summed E-state index contributed by atoms with van der Waals surface area (Å²) >= 11 is 0. The van der Waals surface area contributed by atoms with Crippen LogP contribution in [0.15, 0.2) is 18.2 Å². The summed E-state index contributed by atoms with van der Waals surface area (Å²) in [4.78, 5) is 32.8. The second-order valence-electron chi connectivity index (χ2n) is 3.86. The molecule has 0 aliphatic heterocycles. The molecule has 1 rings (SSSR count). The van der Waals surface area contributed by atoms with E-state index in [0.717, 1.165) is 6.07 Å². The molecule has 1 aromatic carbocycles. The molecule has 4 N–H and O–H groups in total. The van der Waals surface area contributed by atoms with E-state index in [2.05, 4.69) is 5.32 Å². The number of nitrogens with one attached hydrogen (secondary N) is 2. The van der Waals surface area contributed by atoms with E-state index in [9.17, 15) is 18.8 Å². The summed E-state index contributed by atoms with van der Waals surface area (Å²) in [5, 5.41) is 30.1. The fourth-order valence-electron chi connectivity index (χ4n) is 1.43. The third-order valence-corrected chi connectivity index (χ3v) is 2.36. The van der Waals surface area contributed by atoms with E-state index in [-0.39, 0.29) is 5.69 Å². The van der Waals surface area contributed by atoms with Gasteiger partial charge in [-0.2, -0.15) is 5.26 Å². The highest BCUT2D eigenvalue weighted by atomic mass is 19.1. The zero-order valence-electron chi connectivity index (χ0n) is 10.5. The number of amides is 2. The van der Waals surface area contributed by atoms with Gasteiger partial charge in [-0.05, 0) is 12.1 Å². The molecule has 0 aliphatic carbocycles. The monoisotopic (exact) mass is 295 g/mol. The first-order valence-electron chi connectivity index (χ1n) is 5.56. The Morgan fingerprint density at radius 3 is 2.52 bits per heavy atom. The van der Waals surface area contributed by atoms with Crippen LogP contribution in [0.4, 0.5) is 14.9 Å². The molecule has 0 radical (unpaired) electrons. The number of nitrogens with zero attached hydrogens (tertiary/aromatic N) is 1. The number of hydrogen-bond donors (Lipinski definition) is 4. The van der Waals surface area contributed by atoms with Gasteiger partial charge in [-0.25, -0.2) is 14.0 Å². The van der Waals surface area contributed by atoms with Crippen LogP contribution in [0, 0.1) is 17.1 Å². The van der Waals surface area contributed by atoms with Gasteiger partial charge in [0.25, 0.3) is 0 Å². The lowest BCUT2D eigenvalue weighted by Crippen LogP contribution is -2.44. The van der Waals surface area contributed by atoms with E-state index in [1.54, 1.807) is 6.07 Å². The van der Waals surface area contributed by atoms with Gasteiger partial charge in [0.15, 0.2) is 0 Å². The van der Waals surface area contributed by atoms with Gasteiger partial charge in [-0.15, -0.1) is 0 Å². The molecule has 8 nitrogen and oxygen atoms in total. The number of aliphatic carboxylic acids is 2. The first kappa shape index (κ1) is 15.9. The van der Waals surface area contributed by atoms with Gasteiger partial charge in [-0.1, -0.05) is 6.07 Å². The van der Waals surface area contributed by atoms with Crippen LogP contribution in [0.25, 0.3) is 0 Å². The molecular weight excluding hydrogens is 285 g/mol. The lowest BCUT2D eigenvalue weighted by atomic mass is 10.2. The van der Waals surface area contributed by atoms with Crippen LogP contribution in [0.5, 0.6) is 0 Å². The fraction of sp³-hybridized carbons (Fsp3) is 0.167. The minimum absolute atomic E-state index is 0.158. The number of nitriles is 1. The lowest BCUT2D eigenvalue weighted by Gasteiger charge is -2.14. The maximum Gasteiger partial charge on any atom is 0.326 e. The summed E-state index contributed by atoms with van der Waals surface area (Å²) in [7, 11) is 0. The highest BCUT2D eigenvalue weighted by Crippen LogP contribution is 2.17. The summed E-state index contributed by atoms with van der Waals surface area (Å²) in [5.41, 5.74) is -0.577. The van der Waals surface area contributed by atoms with Crippen molar-refractivity contribution in [3.05, 3.63) is 29.6 Å². The molecule has 1 atom stereocenters. The summed E-state index contributed by atoms with van der Waals surface area (Å²) in [6.07, 6.45) is -0.822. The number of carbonyl (C=O) groups is 3. The molecular formula is C12H10FN3O5. The molecule has 110 valence electrons. The Bertz CT molecular complexity index is 626. The molecule has 0 aromatic heterocycles. The number of carboxylic acid groups (broad SMARTS) is 2. The van der Waals surface area contributed by atoms with Crippen molar-refractivity contribution in [2.45, 2.75) is 12.5 Å². The number of carboxylic acids is 2. The van der Waals surface area contributed by atoms with E-state index in [0.29, 0.717) is 0 Å². The molecule has 9 heteroatoms. The minimum Gasteiger partial charge on any atom is -0.481 e. The van der Waals surface area contributed by atoms with Crippen molar-refractivity contribution in [2.24, 2.45) is 0 Å². The topological polar surface area (TPSA) is 140 Å². The number of anilines is 1. The van der Waals surface area contributed by atoms with Crippen molar-refractivity contribution in [1.29, 1.82) is 5.26 Å². The third-order valence-electron chi connectivity index (χ3n) is 2.36. The molecule has 0 saturated carbocycles. The van der Waals surface area contributed by atoms with Gasteiger partial charge in [0.2, 0.25) is 0 Å². The average Bonchev–Trinajstić information content (AvgIpc) is 2.37. The van der Waals surface area contributed by atoms with Crippen molar-refractivity contribution in [2.75, 3.05) is 5.32 Å². The van der Waals surface area contributed by atoms with Crippen LogP contribution in [0.2, 0.25) is 0 Å². The Hall–Kier alpha value is -3.15. The Labute approximate surface area is 117 Å². The van der Waals surface area contributed by atoms with Crippen LogP contribution in [0.3, 0.4) is 0 Å². The number of hydrogen-bond acceptors (Lipinski definition) is 4. The molecule has 0 aliphatic rings. The standard InChI is InChI=1S/C12H10FN3O5/c13-7-2-1-3-8(6(7)5-14)15-12(21)16-9(11(19)20)4-10(17)18/h1-3,9H,4H2,(H,17,18)(H,19,20)(H2,15,16,21). The largest absolute Gasteiger partial charge is 0.481 e. The molecule has 0 fully saturated rings. The Morgan fingerprint density at radius 2 is 2.00 bits per heavy atom. The number of rotatable bonds is 5. The molecule has 0 spiro atoms. The van der Waals surface area contributed by atoms with Gasteiger partial charge < -0.3 is 20.8 Å². The van der Waals surface area contributed by atoms with E-state index in [1.165, 1.54) is 12.1 Å². The van der Waals surface area contributed by atoms with Gasteiger partial charge in [-0.3, -0.25) is 4.79 Å².